The van der Waals surface area contributed by atoms with Gasteiger partial charge < -0.3 is 10.2 Å². The number of nitrogens with one attached hydrogen (secondary N) is 1. The van der Waals surface area contributed by atoms with Crippen molar-refractivity contribution in [1.29, 1.82) is 0 Å². The molecule has 1 unspecified atom stereocenters. The Hall–Kier alpha value is -0.120. The molecule has 1 N–H and O–H groups in total. The van der Waals surface area contributed by atoms with Crippen molar-refractivity contribution in [2.24, 2.45) is 5.92 Å². The van der Waals surface area contributed by atoms with Gasteiger partial charge in [-0.3, -0.25) is 4.90 Å². The molecule has 0 amide bonds. The number of likely N-dealkylation sites (tertiary alicyclic amines) is 1. The van der Waals surface area contributed by atoms with E-state index < -0.39 is 0 Å². The van der Waals surface area contributed by atoms with E-state index in [1.54, 1.807) is 0 Å². The molecule has 0 aromatic rings. The molecule has 3 heteroatoms. The first-order chi connectivity index (χ1) is 8.75. The summed E-state index contributed by atoms with van der Waals surface area (Å²) in [5, 5.41) is 3.55. The topological polar surface area (TPSA) is 18.5 Å². The van der Waals surface area contributed by atoms with Crippen LogP contribution in [0.4, 0.5) is 0 Å². The molecule has 0 bridgehead atoms. The number of hydrogen-bond acceptors (Lipinski definition) is 3. The molecule has 2 rings (SSSR count). The second-order valence-corrected chi connectivity index (χ2v) is 6.43. The maximum Gasteiger partial charge on any atom is 0.0224 e. The summed E-state index contributed by atoms with van der Waals surface area (Å²) in [6, 6.07) is 0.767. The van der Waals surface area contributed by atoms with Gasteiger partial charge in [-0.15, -0.1) is 0 Å². The van der Waals surface area contributed by atoms with E-state index in [9.17, 15) is 0 Å². The quantitative estimate of drug-likeness (QED) is 0.806. The Morgan fingerprint density at radius 1 is 1.06 bits per heavy atom. The summed E-state index contributed by atoms with van der Waals surface area (Å²) in [6.45, 7) is 13.5. The minimum atomic E-state index is 0.767. The molecule has 1 atom stereocenters. The first-order valence-electron chi connectivity index (χ1n) is 7.93. The first kappa shape index (κ1) is 14.3. The Kier molecular flexibility index (Phi) is 5.93. The molecular weight excluding hydrogens is 222 g/mol. The van der Waals surface area contributed by atoms with Crippen LogP contribution in [0, 0.1) is 5.92 Å². The molecule has 3 nitrogen and oxygen atoms in total. The SMILES string of the molecule is CC(C)CC1CNCCN1CCN1CCCCC1. The maximum absolute atomic E-state index is 3.55. The van der Waals surface area contributed by atoms with Crippen LogP contribution in [0.15, 0.2) is 0 Å². The third kappa shape index (κ3) is 4.52. The average molecular weight is 253 g/mol. The van der Waals surface area contributed by atoms with Crippen LogP contribution in [0.5, 0.6) is 0 Å². The lowest BCUT2D eigenvalue weighted by Crippen LogP contribution is -2.53. The monoisotopic (exact) mass is 253 g/mol. The fourth-order valence-corrected chi connectivity index (χ4v) is 3.33. The van der Waals surface area contributed by atoms with E-state index in [0.717, 1.165) is 12.0 Å². The van der Waals surface area contributed by atoms with Gasteiger partial charge in [-0.2, -0.15) is 0 Å². The molecule has 0 spiro atoms. The zero-order valence-corrected chi connectivity index (χ0v) is 12.3. The second kappa shape index (κ2) is 7.46. The highest BCUT2D eigenvalue weighted by molar-refractivity contribution is 4.81. The van der Waals surface area contributed by atoms with Crippen LogP contribution in [0.2, 0.25) is 0 Å². The van der Waals surface area contributed by atoms with E-state index in [0.29, 0.717) is 0 Å². The molecule has 18 heavy (non-hydrogen) atoms. The lowest BCUT2D eigenvalue weighted by Gasteiger charge is -2.38. The van der Waals surface area contributed by atoms with Gasteiger partial charge in [0.2, 0.25) is 0 Å². The molecule has 0 radical (unpaired) electrons. The third-order valence-corrected chi connectivity index (χ3v) is 4.37. The Bertz CT molecular complexity index is 224. The van der Waals surface area contributed by atoms with Gasteiger partial charge in [0.1, 0.15) is 0 Å². The summed E-state index contributed by atoms with van der Waals surface area (Å²) in [5.41, 5.74) is 0. The second-order valence-electron chi connectivity index (χ2n) is 6.43. The van der Waals surface area contributed by atoms with Gasteiger partial charge in [-0.05, 0) is 38.3 Å². The molecule has 2 aliphatic rings. The van der Waals surface area contributed by atoms with Crippen LogP contribution < -0.4 is 5.32 Å². The number of piperazine rings is 1. The van der Waals surface area contributed by atoms with Gasteiger partial charge >= 0.3 is 0 Å². The van der Waals surface area contributed by atoms with Gasteiger partial charge in [0.05, 0.1) is 0 Å². The van der Waals surface area contributed by atoms with E-state index in [-0.39, 0.29) is 0 Å². The fraction of sp³-hybridized carbons (Fsp3) is 1.00. The van der Waals surface area contributed by atoms with Crippen LogP contribution in [0.1, 0.15) is 39.5 Å². The van der Waals surface area contributed by atoms with Crippen molar-refractivity contribution in [3.8, 4) is 0 Å². The highest BCUT2D eigenvalue weighted by Crippen LogP contribution is 2.14. The average Bonchev–Trinajstić information content (AvgIpc) is 2.38. The summed E-state index contributed by atoms with van der Waals surface area (Å²) >= 11 is 0. The number of hydrogen-bond donors (Lipinski definition) is 1. The van der Waals surface area contributed by atoms with Crippen LogP contribution in [0.3, 0.4) is 0 Å². The van der Waals surface area contributed by atoms with Crippen LogP contribution in [-0.2, 0) is 0 Å². The van der Waals surface area contributed by atoms with Gasteiger partial charge in [-0.1, -0.05) is 20.3 Å². The largest absolute Gasteiger partial charge is 0.314 e. The normalized spacial score (nSPS) is 27.8. The maximum atomic E-state index is 3.55. The predicted octanol–water partition coefficient (Wildman–Crippen LogP) is 1.79. The highest BCUT2D eigenvalue weighted by atomic mass is 15.2. The minimum Gasteiger partial charge on any atom is -0.314 e. The van der Waals surface area contributed by atoms with Gasteiger partial charge in [0.15, 0.2) is 0 Å². The number of nitrogens with zero attached hydrogens (tertiary/aromatic N) is 2. The van der Waals surface area contributed by atoms with Crippen LogP contribution in [-0.4, -0.2) is 61.7 Å². The summed E-state index contributed by atoms with van der Waals surface area (Å²) in [4.78, 5) is 5.39. The number of rotatable bonds is 5. The van der Waals surface area contributed by atoms with Gasteiger partial charge in [0.25, 0.3) is 0 Å². The highest BCUT2D eigenvalue weighted by Gasteiger charge is 2.23. The van der Waals surface area contributed by atoms with E-state index in [1.165, 1.54) is 71.5 Å². The Morgan fingerprint density at radius 2 is 1.83 bits per heavy atom. The van der Waals surface area contributed by atoms with Crippen LogP contribution >= 0.6 is 0 Å². The van der Waals surface area contributed by atoms with Crippen molar-refractivity contribution < 1.29 is 0 Å². The van der Waals surface area contributed by atoms with Crippen molar-refractivity contribution in [2.75, 3.05) is 45.8 Å². The van der Waals surface area contributed by atoms with Crippen molar-refractivity contribution in [1.82, 2.24) is 15.1 Å². The molecule has 2 fully saturated rings. The van der Waals surface area contributed by atoms with Crippen molar-refractivity contribution in [3.63, 3.8) is 0 Å². The summed E-state index contributed by atoms with van der Waals surface area (Å²) in [5.74, 6) is 0.812. The van der Waals surface area contributed by atoms with Gasteiger partial charge in [-0.25, -0.2) is 0 Å². The Balaban J connectivity index is 1.74. The van der Waals surface area contributed by atoms with Crippen molar-refractivity contribution >= 4 is 0 Å². The molecular formula is C15H31N3. The van der Waals surface area contributed by atoms with Crippen LogP contribution in [0.25, 0.3) is 0 Å². The van der Waals surface area contributed by atoms with Crippen molar-refractivity contribution in [2.45, 2.75) is 45.6 Å². The third-order valence-electron chi connectivity index (χ3n) is 4.37. The van der Waals surface area contributed by atoms with Gasteiger partial charge in [0, 0.05) is 38.8 Å². The molecule has 2 aliphatic heterocycles. The summed E-state index contributed by atoms with van der Waals surface area (Å²) in [6.07, 6.45) is 5.61. The Labute approximate surface area is 113 Å². The summed E-state index contributed by atoms with van der Waals surface area (Å²) < 4.78 is 0. The minimum absolute atomic E-state index is 0.767. The molecule has 2 saturated heterocycles. The smallest absolute Gasteiger partial charge is 0.0224 e. The lowest BCUT2D eigenvalue weighted by atomic mass is 10.0. The van der Waals surface area contributed by atoms with E-state index >= 15 is 0 Å². The zero-order valence-electron chi connectivity index (χ0n) is 12.3. The zero-order chi connectivity index (χ0) is 12.8. The Morgan fingerprint density at radius 3 is 2.56 bits per heavy atom. The first-order valence-corrected chi connectivity index (χ1v) is 7.93. The molecule has 0 saturated carbocycles. The molecule has 0 aromatic heterocycles. The molecule has 2 heterocycles. The number of piperidine rings is 1. The standard InChI is InChI=1S/C15H31N3/c1-14(2)12-15-13-16-6-9-18(15)11-10-17-7-4-3-5-8-17/h14-16H,3-13H2,1-2H3. The predicted molar refractivity (Wildman–Crippen MR) is 78.0 cm³/mol. The molecule has 106 valence electrons. The summed E-state index contributed by atoms with van der Waals surface area (Å²) in [7, 11) is 0. The van der Waals surface area contributed by atoms with Crippen molar-refractivity contribution in [3.05, 3.63) is 0 Å². The van der Waals surface area contributed by atoms with E-state index in [2.05, 4.69) is 29.0 Å². The van der Waals surface area contributed by atoms with E-state index in [1.807, 2.05) is 0 Å². The lowest BCUT2D eigenvalue weighted by molar-refractivity contribution is 0.115. The van der Waals surface area contributed by atoms with E-state index in [4.69, 9.17) is 0 Å². The molecule has 0 aliphatic carbocycles. The fourth-order valence-electron chi connectivity index (χ4n) is 3.33. The molecule has 0 aromatic carbocycles.